The SMILES string of the molecule is C[C@H](NC(=O)N1CCSSCC1)C(=O)O. The third-order valence-corrected chi connectivity index (χ3v) is 4.34. The van der Waals surface area contributed by atoms with E-state index in [9.17, 15) is 9.59 Å². The van der Waals surface area contributed by atoms with Crippen LogP contribution in [0.15, 0.2) is 0 Å². The lowest BCUT2D eigenvalue weighted by Crippen LogP contribution is -2.47. The van der Waals surface area contributed by atoms with Crippen molar-refractivity contribution in [1.29, 1.82) is 0 Å². The highest BCUT2D eigenvalue weighted by Crippen LogP contribution is 2.23. The number of rotatable bonds is 2. The number of amides is 2. The van der Waals surface area contributed by atoms with E-state index in [4.69, 9.17) is 5.11 Å². The van der Waals surface area contributed by atoms with E-state index in [1.54, 1.807) is 26.5 Å². The van der Waals surface area contributed by atoms with Gasteiger partial charge in [0.05, 0.1) is 0 Å². The van der Waals surface area contributed by atoms with Crippen LogP contribution in [0, 0.1) is 0 Å². The Kier molecular flexibility index (Phi) is 5.10. The van der Waals surface area contributed by atoms with Gasteiger partial charge in [0.15, 0.2) is 0 Å². The van der Waals surface area contributed by atoms with Gasteiger partial charge in [-0.2, -0.15) is 0 Å². The molecule has 1 aliphatic heterocycles. The average Bonchev–Trinajstić information content (AvgIpc) is 2.45. The molecule has 0 aromatic rings. The van der Waals surface area contributed by atoms with Gasteiger partial charge in [0.1, 0.15) is 6.04 Å². The van der Waals surface area contributed by atoms with Gasteiger partial charge < -0.3 is 15.3 Å². The summed E-state index contributed by atoms with van der Waals surface area (Å²) in [5, 5.41) is 11.1. The fraction of sp³-hybridized carbons (Fsp3) is 0.750. The van der Waals surface area contributed by atoms with Gasteiger partial charge in [0.2, 0.25) is 0 Å². The minimum Gasteiger partial charge on any atom is -0.480 e. The Balaban J connectivity index is 2.41. The lowest BCUT2D eigenvalue weighted by molar-refractivity contribution is -0.138. The number of hydrogen-bond acceptors (Lipinski definition) is 4. The molecule has 5 nitrogen and oxygen atoms in total. The van der Waals surface area contributed by atoms with Crippen molar-refractivity contribution >= 4 is 33.6 Å². The van der Waals surface area contributed by atoms with E-state index in [-0.39, 0.29) is 6.03 Å². The van der Waals surface area contributed by atoms with Gasteiger partial charge in [-0.25, -0.2) is 4.79 Å². The summed E-state index contributed by atoms with van der Waals surface area (Å²) in [6.45, 7) is 2.81. The first-order chi connectivity index (χ1) is 7.11. The zero-order chi connectivity index (χ0) is 11.3. The molecule has 2 amide bonds. The average molecular weight is 250 g/mol. The number of nitrogens with one attached hydrogen (secondary N) is 1. The molecule has 1 heterocycles. The molecule has 1 rings (SSSR count). The molecule has 1 saturated heterocycles. The van der Waals surface area contributed by atoms with Crippen molar-refractivity contribution < 1.29 is 14.7 Å². The highest BCUT2D eigenvalue weighted by molar-refractivity contribution is 8.76. The molecular weight excluding hydrogens is 236 g/mol. The molecule has 2 N–H and O–H groups in total. The van der Waals surface area contributed by atoms with Crippen LogP contribution in [0.2, 0.25) is 0 Å². The number of aliphatic carboxylic acids is 1. The molecule has 0 bridgehead atoms. The van der Waals surface area contributed by atoms with Crippen molar-refractivity contribution in [3.8, 4) is 0 Å². The fourth-order valence-electron chi connectivity index (χ4n) is 1.07. The predicted molar refractivity (Wildman–Crippen MR) is 62.1 cm³/mol. The number of carbonyl (C=O) groups excluding carboxylic acids is 1. The molecule has 0 aromatic heterocycles. The molecule has 0 radical (unpaired) electrons. The summed E-state index contributed by atoms with van der Waals surface area (Å²) in [4.78, 5) is 23.8. The Bertz CT molecular complexity index is 242. The maximum Gasteiger partial charge on any atom is 0.325 e. The Morgan fingerprint density at radius 1 is 1.33 bits per heavy atom. The highest BCUT2D eigenvalue weighted by atomic mass is 33.1. The van der Waals surface area contributed by atoms with E-state index in [0.717, 1.165) is 11.5 Å². The van der Waals surface area contributed by atoms with Crippen LogP contribution in [0.4, 0.5) is 4.79 Å². The van der Waals surface area contributed by atoms with Crippen LogP contribution >= 0.6 is 21.6 Å². The minimum absolute atomic E-state index is 0.284. The van der Waals surface area contributed by atoms with Crippen molar-refractivity contribution in [1.82, 2.24) is 10.2 Å². The summed E-state index contributed by atoms with van der Waals surface area (Å²) in [5.74, 6) is 0.765. The van der Waals surface area contributed by atoms with Gasteiger partial charge in [-0.1, -0.05) is 21.6 Å². The van der Waals surface area contributed by atoms with Crippen molar-refractivity contribution in [2.75, 3.05) is 24.6 Å². The summed E-state index contributed by atoms with van der Waals surface area (Å²) in [6.07, 6.45) is 0. The molecule has 1 atom stereocenters. The van der Waals surface area contributed by atoms with Crippen LogP contribution in [0.3, 0.4) is 0 Å². The van der Waals surface area contributed by atoms with Gasteiger partial charge in [0.25, 0.3) is 0 Å². The molecule has 1 aliphatic rings. The predicted octanol–water partition coefficient (Wildman–Crippen LogP) is 0.866. The molecule has 0 spiro atoms. The molecule has 0 aromatic carbocycles. The van der Waals surface area contributed by atoms with Crippen molar-refractivity contribution in [3.05, 3.63) is 0 Å². The molecular formula is C8H14N2O3S2. The summed E-state index contributed by atoms with van der Waals surface area (Å²) < 4.78 is 0. The third kappa shape index (κ3) is 4.21. The van der Waals surface area contributed by atoms with E-state index >= 15 is 0 Å². The lowest BCUT2D eigenvalue weighted by Gasteiger charge is -2.21. The molecule has 7 heteroatoms. The minimum atomic E-state index is -1.01. The van der Waals surface area contributed by atoms with Gasteiger partial charge in [0, 0.05) is 24.6 Å². The first kappa shape index (κ1) is 12.5. The number of carboxylic acids is 1. The Morgan fingerprint density at radius 2 is 1.87 bits per heavy atom. The summed E-state index contributed by atoms with van der Waals surface area (Å²) in [7, 11) is 3.48. The van der Waals surface area contributed by atoms with E-state index in [2.05, 4.69) is 5.32 Å². The summed E-state index contributed by atoms with van der Waals surface area (Å²) in [6, 6.07) is -1.12. The monoisotopic (exact) mass is 250 g/mol. The van der Waals surface area contributed by atoms with Crippen LogP contribution < -0.4 is 5.32 Å². The second kappa shape index (κ2) is 6.12. The second-order valence-corrected chi connectivity index (χ2v) is 5.84. The zero-order valence-corrected chi connectivity index (χ0v) is 10.1. The van der Waals surface area contributed by atoms with Gasteiger partial charge in [-0.3, -0.25) is 4.79 Å². The normalized spacial score (nSPS) is 19.1. The molecule has 0 aliphatic carbocycles. The molecule has 15 heavy (non-hydrogen) atoms. The van der Waals surface area contributed by atoms with Crippen molar-refractivity contribution in [2.45, 2.75) is 13.0 Å². The van der Waals surface area contributed by atoms with Crippen LogP contribution in [0.1, 0.15) is 6.92 Å². The number of nitrogens with zero attached hydrogens (tertiary/aromatic N) is 1. The highest BCUT2D eigenvalue weighted by Gasteiger charge is 2.20. The molecule has 1 fully saturated rings. The molecule has 0 saturated carbocycles. The first-order valence-corrected chi connectivity index (χ1v) is 7.12. The maximum absolute atomic E-state index is 11.6. The Labute approximate surface area is 96.4 Å². The van der Waals surface area contributed by atoms with E-state index in [1.165, 1.54) is 6.92 Å². The van der Waals surface area contributed by atoms with Crippen LogP contribution in [-0.4, -0.2) is 52.6 Å². The van der Waals surface area contributed by atoms with Crippen molar-refractivity contribution in [3.63, 3.8) is 0 Å². The molecule has 86 valence electrons. The van der Waals surface area contributed by atoms with Gasteiger partial charge in [-0.15, -0.1) is 0 Å². The topological polar surface area (TPSA) is 69.6 Å². The standard InChI is InChI=1S/C8H14N2O3S2/c1-6(7(11)12)9-8(13)10-2-4-14-15-5-3-10/h6H,2-5H2,1H3,(H,9,13)(H,11,12)/t6-/m0/s1. The van der Waals surface area contributed by atoms with E-state index in [1.807, 2.05) is 0 Å². The number of urea groups is 1. The van der Waals surface area contributed by atoms with E-state index < -0.39 is 12.0 Å². The lowest BCUT2D eigenvalue weighted by atomic mass is 10.3. The number of carbonyl (C=O) groups is 2. The summed E-state index contributed by atoms with van der Waals surface area (Å²) >= 11 is 0. The Hall–Kier alpha value is -0.560. The van der Waals surface area contributed by atoms with Gasteiger partial charge in [-0.05, 0) is 6.92 Å². The molecule has 0 unspecified atom stereocenters. The van der Waals surface area contributed by atoms with Crippen LogP contribution in [0.25, 0.3) is 0 Å². The van der Waals surface area contributed by atoms with E-state index in [0.29, 0.717) is 13.1 Å². The maximum atomic E-state index is 11.6. The van der Waals surface area contributed by atoms with Crippen LogP contribution in [-0.2, 0) is 4.79 Å². The quantitative estimate of drug-likeness (QED) is 0.712. The van der Waals surface area contributed by atoms with Crippen LogP contribution in [0.5, 0.6) is 0 Å². The zero-order valence-electron chi connectivity index (χ0n) is 8.43. The first-order valence-electron chi connectivity index (χ1n) is 4.64. The Morgan fingerprint density at radius 3 is 2.33 bits per heavy atom. The fourth-order valence-corrected chi connectivity index (χ4v) is 3.05. The smallest absolute Gasteiger partial charge is 0.325 e. The number of carboxylic acid groups (broad SMARTS) is 1. The summed E-state index contributed by atoms with van der Waals surface area (Å²) in [5.41, 5.74) is 0. The third-order valence-electron chi connectivity index (χ3n) is 1.97. The largest absolute Gasteiger partial charge is 0.480 e. The van der Waals surface area contributed by atoms with Gasteiger partial charge >= 0.3 is 12.0 Å². The second-order valence-electron chi connectivity index (χ2n) is 3.14. The van der Waals surface area contributed by atoms with Crippen molar-refractivity contribution in [2.24, 2.45) is 0 Å². The number of hydrogen-bond donors (Lipinski definition) is 2.